The van der Waals surface area contributed by atoms with E-state index in [9.17, 15) is 9.59 Å². The molecular formula is C28H25Cl2N3O4S. The van der Waals surface area contributed by atoms with Crippen molar-refractivity contribution in [3.05, 3.63) is 86.9 Å². The highest BCUT2D eigenvalue weighted by atomic mass is 35.5. The van der Waals surface area contributed by atoms with E-state index in [1.54, 1.807) is 49.8 Å². The van der Waals surface area contributed by atoms with Gasteiger partial charge in [-0.15, -0.1) is 11.3 Å². The Morgan fingerprint density at radius 3 is 2.71 bits per heavy atom. The normalized spacial score (nSPS) is 11.1. The summed E-state index contributed by atoms with van der Waals surface area (Å²) in [6.07, 6.45) is 3.00. The van der Waals surface area contributed by atoms with Crippen LogP contribution in [0.15, 0.2) is 60.7 Å². The highest BCUT2D eigenvalue weighted by molar-refractivity contribution is 7.18. The van der Waals surface area contributed by atoms with Crippen molar-refractivity contribution in [2.75, 3.05) is 25.6 Å². The number of hydrogen-bond donors (Lipinski definition) is 1. The predicted octanol–water partition coefficient (Wildman–Crippen LogP) is 6.29. The number of ether oxygens (including phenoxy) is 2. The average molecular weight is 570 g/mol. The van der Waals surface area contributed by atoms with Gasteiger partial charge in [0.15, 0.2) is 0 Å². The Morgan fingerprint density at radius 2 is 1.92 bits per heavy atom. The van der Waals surface area contributed by atoms with Crippen LogP contribution in [0.2, 0.25) is 10.0 Å². The van der Waals surface area contributed by atoms with Gasteiger partial charge in [-0.25, -0.2) is 4.98 Å². The number of carbonyl (C=O) groups is 2. The molecule has 0 bridgehead atoms. The monoisotopic (exact) mass is 569 g/mol. The molecule has 0 saturated carbocycles. The maximum atomic E-state index is 12.8. The van der Waals surface area contributed by atoms with E-state index in [0.29, 0.717) is 32.8 Å². The number of anilines is 1. The number of aromatic nitrogens is 1. The topological polar surface area (TPSA) is 80.8 Å². The zero-order valence-corrected chi connectivity index (χ0v) is 23.3. The SMILES string of the molecule is COc1cccc(C=CC(=O)NCC(=O)N(C)c2ccc(Cl)c(COc3cccc4sc(C)nc34)c2Cl)c1. The number of thiazole rings is 1. The fraction of sp³-hybridized carbons (Fsp3) is 0.179. The predicted molar refractivity (Wildman–Crippen MR) is 154 cm³/mol. The summed E-state index contributed by atoms with van der Waals surface area (Å²) in [5.41, 5.74) is 2.57. The molecule has 1 N–H and O–H groups in total. The lowest BCUT2D eigenvalue weighted by Crippen LogP contribution is -2.37. The molecular weight excluding hydrogens is 545 g/mol. The fourth-order valence-electron chi connectivity index (χ4n) is 3.67. The first-order valence-corrected chi connectivity index (χ1v) is 13.2. The van der Waals surface area contributed by atoms with Crippen LogP contribution in [0.1, 0.15) is 16.1 Å². The van der Waals surface area contributed by atoms with Crippen LogP contribution in [0.25, 0.3) is 16.3 Å². The summed E-state index contributed by atoms with van der Waals surface area (Å²) in [5, 5.41) is 4.24. The highest BCUT2D eigenvalue weighted by Crippen LogP contribution is 2.36. The third kappa shape index (κ3) is 6.45. The van der Waals surface area contributed by atoms with Crippen LogP contribution in [0, 0.1) is 6.92 Å². The van der Waals surface area contributed by atoms with Crippen LogP contribution >= 0.6 is 34.5 Å². The van der Waals surface area contributed by atoms with Crippen molar-refractivity contribution >= 4 is 68.3 Å². The second-order valence-electron chi connectivity index (χ2n) is 8.26. The Morgan fingerprint density at radius 1 is 1.13 bits per heavy atom. The Hall–Kier alpha value is -3.59. The number of para-hydroxylation sites is 1. The van der Waals surface area contributed by atoms with Gasteiger partial charge >= 0.3 is 0 Å². The number of nitrogens with zero attached hydrogens (tertiary/aromatic N) is 2. The number of halogens is 2. The van der Waals surface area contributed by atoms with Crippen LogP contribution in [0.4, 0.5) is 5.69 Å². The molecule has 10 heteroatoms. The number of fused-ring (bicyclic) bond motifs is 1. The van der Waals surface area contributed by atoms with Crippen LogP contribution in [-0.4, -0.2) is 37.5 Å². The van der Waals surface area contributed by atoms with Gasteiger partial charge in [-0.3, -0.25) is 9.59 Å². The van der Waals surface area contributed by atoms with Gasteiger partial charge in [0.25, 0.3) is 0 Å². The third-order valence-corrected chi connectivity index (χ3v) is 7.41. The number of aryl methyl sites for hydroxylation is 1. The number of amides is 2. The smallest absolute Gasteiger partial charge is 0.246 e. The van der Waals surface area contributed by atoms with E-state index in [-0.39, 0.29) is 19.1 Å². The average Bonchev–Trinajstić information content (AvgIpc) is 3.31. The molecule has 0 unspecified atom stereocenters. The largest absolute Gasteiger partial charge is 0.497 e. The molecule has 0 aliphatic carbocycles. The van der Waals surface area contributed by atoms with Gasteiger partial charge in [-0.1, -0.05) is 41.4 Å². The summed E-state index contributed by atoms with van der Waals surface area (Å²) in [6.45, 7) is 1.82. The number of carbonyl (C=O) groups excluding carboxylic acids is 2. The molecule has 0 spiro atoms. The number of benzene rings is 3. The first-order chi connectivity index (χ1) is 18.3. The number of hydrogen-bond acceptors (Lipinski definition) is 6. The van der Waals surface area contributed by atoms with Crippen molar-refractivity contribution in [3.63, 3.8) is 0 Å². The molecule has 0 radical (unpaired) electrons. The lowest BCUT2D eigenvalue weighted by Gasteiger charge is -2.21. The van der Waals surface area contributed by atoms with Gasteiger partial charge in [0.05, 0.1) is 34.1 Å². The van der Waals surface area contributed by atoms with Crippen molar-refractivity contribution in [1.82, 2.24) is 10.3 Å². The number of nitrogens with one attached hydrogen (secondary N) is 1. The van der Waals surface area contributed by atoms with Crippen molar-refractivity contribution in [1.29, 1.82) is 0 Å². The minimum atomic E-state index is -0.405. The lowest BCUT2D eigenvalue weighted by molar-refractivity contribution is -0.122. The molecule has 3 aromatic carbocycles. The Balaban J connectivity index is 1.40. The third-order valence-electron chi connectivity index (χ3n) is 5.70. The van der Waals surface area contributed by atoms with E-state index in [4.69, 9.17) is 32.7 Å². The van der Waals surface area contributed by atoms with Gasteiger partial charge in [0.2, 0.25) is 11.8 Å². The number of likely N-dealkylation sites (N-methyl/N-ethyl adjacent to an activating group) is 1. The molecule has 4 rings (SSSR count). The van der Waals surface area contributed by atoms with Gasteiger partial charge in [0.1, 0.15) is 23.6 Å². The van der Waals surface area contributed by atoms with Gasteiger partial charge in [-0.2, -0.15) is 0 Å². The Bertz CT molecular complexity index is 1520. The van der Waals surface area contributed by atoms with E-state index in [0.717, 1.165) is 20.8 Å². The van der Waals surface area contributed by atoms with Gasteiger partial charge in [-0.05, 0) is 55.0 Å². The van der Waals surface area contributed by atoms with E-state index in [1.165, 1.54) is 11.0 Å². The number of methoxy groups -OCH3 is 1. The van der Waals surface area contributed by atoms with Gasteiger partial charge in [0, 0.05) is 23.7 Å². The minimum absolute atomic E-state index is 0.0923. The van der Waals surface area contributed by atoms with Crippen LogP contribution in [0.3, 0.4) is 0 Å². The van der Waals surface area contributed by atoms with E-state index in [1.807, 2.05) is 43.3 Å². The summed E-state index contributed by atoms with van der Waals surface area (Å²) < 4.78 is 12.2. The summed E-state index contributed by atoms with van der Waals surface area (Å²) >= 11 is 14.7. The van der Waals surface area contributed by atoms with Gasteiger partial charge < -0.3 is 19.7 Å². The van der Waals surface area contributed by atoms with Crippen molar-refractivity contribution in [3.8, 4) is 11.5 Å². The summed E-state index contributed by atoms with van der Waals surface area (Å²) in [7, 11) is 3.16. The maximum absolute atomic E-state index is 12.8. The van der Waals surface area contributed by atoms with Crippen molar-refractivity contribution < 1.29 is 19.1 Å². The molecule has 0 atom stereocenters. The molecule has 0 fully saturated rings. The summed E-state index contributed by atoms with van der Waals surface area (Å²) in [6, 6.07) is 16.3. The molecule has 4 aromatic rings. The second kappa shape index (κ2) is 12.3. The maximum Gasteiger partial charge on any atom is 0.246 e. The fourth-order valence-corrected chi connectivity index (χ4v) is 5.12. The standard InChI is InChI=1S/C28H25Cl2N3O4S/c1-17-32-28-23(8-5-9-24(28)38-17)37-16-20-21(29)11-12-22(27(20)30)33(2)26(35)15-31-25(34)13-10-18-6-4-7-19(14-18)36-3/h4-14H,15-16H2,1-3H3,(H,31,34). The molecule has 38 heavy (non-hydrogen) atoms. The zero-order chi connectivity index (χ0) is 27.2. The van der Waals surface area contributed by atoms with E-state index < -0.39 is 5.91 Å². The molecule has 0 aliphatic heterocycles. The minimum Gasteiger partial charge on any atom is -0.497 e. The van der Waals surface area contributed by atoms with E-state index >= 15 is 0 Å². The quantitative estimate of drug-likeness (QED) is 0.239. The molecule has 2 amide bonds. The lowest BCUT2D eigenvalue weighted by atomic mass is 10.2. The molecule has 196 valence electrons. The summed E-state index contributed by atoms with van der Waals surface area (Å²) in [4.78, 5) is 31.0. The highest BCUT2D eigenvalue weighted by Gasteiger charge is 2.19. The van der Waals surface area contributed by atoms with Crippen molar-refractivity contribution in [2.45, 2.75) is 13.5 Å². The van der Waals surface area contributed by atoms with Crippen LogP contribution in [0.5, 0.6) is 11.5 Å². The summed E-state index contributed by atoms with van der Waals surface area (Å²) in [5.74, 6) is 0.548. The van der Waals surface area contributed by atoms with Crippen LogP contribution in [-0.2, 0) is 16.2 Å². The Labute approximate surface area is 234 Å². The first kappa shape index (κ1) is 27.4. The second-order valence-corrected chi connectivity index (χ2v) is 10.3. The molecule has 0 saturated heterocycles. The molecule has 0 aliphatic rings. The first-order valence-electron chi connectivity index (χ1n) is 11.6. The van der Waals surface area contributed by atoms with E-state index in [2.05, 4.69) is 10.3 Å². The number of rotatable bonds is 9. The zero-order valence-electron chi connectivity index (χ0n) is 21.0. The van der Waals surface area contributed by atoms with Crippen LogP contribution < -0.4 is 19.7 Å². The Kier molecular flexibility index (Phi) is 8.89. The molecule has 7 nitrogen and oxygen atoms in total. The molecule has 1 aromatic heterocycles. The van der Waals surface area contributed by atoms with Crippen molar-refractivity contribution in [2.24, 2.45) is 0 Å². The molecule has 1 heterocycles.